The van der Waals surface area contributed by atoms with Gasteiger partial charge in [-0.2, -0.15) is 13.5 Å². The van der Waals surface area contributed by atoms with Gasteiger partial charge in [-0.1, -0.05) is 30.5 Å². The van der Waals surface area contributed by atoms with Gasteiger partial charge in [0, 0.05) is 18.2 Å². The highest BCUT2D eigenvalue weighted by Gasteiger charge is 2.39. The maximum atomic E-state index is 12.6. The summed E-state index contributed by atoms with van der Waals surface area (Å²) < 4.78 is 29.2. The van der Waals surface area contributed by atoms with Crippen LogP contribution in [-0.2, 0) is 10.0 Å². The fourth-order valence-electron chi connectivity index (χ4n) is 3.27. The summed E-state index contributed by atoms with van der Waals surface area (Å²) in [6, 6.07) is 6.72. The molecule has 0 unspecified atom stereocenters. The number of guanidine groups is 1. The second-order valence-corrected chi connectivity index (χ2v) is 8.21. The lowest BCUT2D eigenvalue weighted by Gasteiger charge is -2.23. The molecule has 6 nitrogen and oxygen atoms in total. The Labute approximate surface area is 143 Å². The van der Waals surface area contributed by atoms with E-state index in [0.29, 0.717) is 19.0 Å². The van der Waals surface area contributed by atoms with Gasteiger partial charge < -0.3 is 5.32 Å². The van der Waals surface area contributed by atoms with E-state index >= 15 is 0 Å². The number of hydrogen-bond acceptors (Lipinski definition) is 3. The average molecular weight is 348 g/mol. The second kappa shape index (κ2) is 6.55. The van der Waals surface area contributed by atoms with Gasteiger partial charge in [0.15, 0.2) is 0 Å². The van der Waals surface area contributed by atoms with Gasteiger partial charge in [-0.05, 0) is 38.8 Å². The number of nitrogens with zero attached hydrogens (tertiary/aromatic N) is 3. The smallest absolute Gasteiger partial charge is 0.285 e. The predicted octanol–water partition coefficient (Wildman–Crippen LogP) is 2.51. The lowest BCUT2D eigenvalue weighted by Crippen LogP contribution is -2.40. The molecule has 1 fully saturated rings. The summed E-state index contributed by atoms with van der Waals surface area (Å²) in [7, 11) is -3.76. The van der Waals surface area contributed by atoms with Crippen LogP contribution < -0.4 is 5.32 Å². The minimum Gasteiger partial charge on any atom is -0.354 e. The van der Waals surface area contributed by atoms with Gasteiger partial charge in [-0.15, -0.1) is 4.40 Å². The summed E-state index contributed by atoms with van der Waals surface area (Å²) in [6.45, 7) is 5.12. The molecular weight excluding hydrogens is 324 g/mol. The molecule has 1 heterocycles. The van der Waals surface area contributed by atoms with Crippen molar-refractivity contribution in [1.29, 1.82) is 0 Å². The van der Waals surface area contributed by atoms with E-state index in [0.717, 1.165) is 18.4 Å². The summed E-state index contributed by atoms with van der Waals surface area (Å²) in [4.78, 5) is 0.197. The quantitative estimate of drug-likeness (QED) is 0.673. The van der Waals surface area contributed by atoms with Crippen LogP contribution in [0, 0.1) is 12.3 Å². The van der Waals surface area contributed by atoms with Crippen LogP contribution in [-0.4, -0.2) is 38.7 Å². The summed E-state index contributed by atoms with van der Waals surface area (Å²) in [5.41, 5.74) is 1.10. The Morgan fingerprint density at radius 2 is 1.96 bits per heavy atom. The number of hydrogen-bond donors (Lipinski definition) is 1. The first-order valence-electron chi connectivity index (χ1n) is 8.42. The van der Waals surface area contributed by atoms with Crippen LogP contribution in [0.15, 0.2) is 38.7 Å². The van der Waals surface area contributed by atoms with Gasteiger partial charge in [0.05, 0.1) is 11.4 Å². The summed E-state index contributed by atoms with van der Waals surface area (Å²) >= 11 is 0. The molecule has 1 aromatic carbocycles. The molecule has 2 aliphatic rings. The number of benzene rings is 1. The van der Waals surface area contributed by atoms with Crippen molar-refractivity contribution >= 4 is 22.2 Å². The molecular formula is C17H24N4O2S. The number of nitrogens with one attached hydrogen (secondary N) is 1. The summed E-state index contributed by atoms with van der Waals surface area (Å²) in [5.74, 6) is 0.304. The van der Waals surface area contributed by atoms with Crippen molar-refractivity contribution in [2.75, 3.05) is 13.1 Å². The fourth-order valence-corrected chi connectivity index (χ4v) is 4.25. The van der Waals surface area contributed by atoms with E-state index in [9.17, 15) is 8.42 Å². The highest BCUT2D eigenvalue weighted by Crippen LogP contribution is 2.40. The minimum absolute atomic E-state index is 0.0871. The molecule has 0 bridgehead atoms. The first kappa shape index (κ1) is 17.0. The van der Waals surface area contributed by atoms with E-state index < -0.39 is 10.0 Å². The Morgan fingerprint density at radius 3 is 2.58 bits per heavy atom. The number of hydrazone groups is 1. The van der Waals surface area contributed by atoms with Crippen LogP contribution in [0.3, 0.4) is 0 Å². The largest absolute Gasteiger partial charge is 0.354 e. The lowest BCUT2D eigenvalue weighted by atomic mass is 9.88. The van der Waals surface area contributed by atoms with Gasteiger partial charge in [0.2, 0.25) is 5.96 Å². The van der Waals surface area contributed by atoms with Crippen molar-refractivity contribution in [3.8, 4) is 0 Å². The normalized spacial score (nSPS) is 20.1. The molecule has 1 aromatic rings. The van der Waals surface area contributed by atoms with E-state index in [4.69, 9.17) is 0 Å². The number of aryl methyl sites for hydroxylation is 1. The number of rotatable bonds is 3. The molecule has 1 aliphatic carbocycles. The zero-order valence-corrected chi connectivity index (χ0v) is 15.0. The van der Waals surface area contributed by atoms with Crippen LogP contribution in [0.1, 0.15) is 38.2 Å². The van der Waals surface area contributed by atoms with Crippen LogP contribution in [0.25, 0.3) is 0 Å². The zero-order valence-electron chi connectivity index (χ0n) is 14.2. The highest BCUT2D eigenvalue weighted by molar-refractivity contribution is 7.90. The predicted molar refractivity (Wildman–Crippen MR) is 95.6 cm³/mol. The summed E-state index contributed by atoms with van der Waals surface area (Å²) in [6.07, 6.45) is 6.60. The molecule has 1 N–H and O–H groups in total. The van der Waals surface area contributed by atoms with Gasteiger partial charge in [-0.25, -0.2) is 5.01 Å². The van der Waals surface area contributed by atoms with Crippen molar-refractivity contribution in [3.63, 3.8) is 0 Å². The summed E-state index contributed by atoms with van der Waals surface area (Å²) in [5, 5.41) is 9.18. The van der Waals surface area contributed by atoms with Crippen LogP contribution >= 0.6 is 0 Å². The van der Waals surface area contributed by atoms with E-state index in [1.165, 1.54) is 12.8 Å². The van der Waals surface area contributed by atoms with Gasteiger partial charge >= 0.3 is 0 Å². The second-order valence-electron chi connectivity index (χ2n) is 6.61. The molecule has 3 rings (SSSR count). The third-order valence-electron chi connectivity index (χ3n) is 4.64. The molecule has 0 radical (unpaired) electrons. The Kier molecular flexibility index (Phi) is 4.62. The van der Waals surface area contributed by atoms with Crippen molar-refractivity contribution in [2.45, 2.75) is 44.4 Å². The molecule has 0 atom stereocenters. The van der Waals surface area contributed by atoms with Crippen LogP contribution in [0.5, 0.6) is 0 Å². The van der Waals surface area contributed by atoms with Crippen LogP contribution in [0.4, 0.5) is 0 Å². The Bertz CT molecular complexity index is 747. The molecule has 0 amide bonds. The Balaban J connectivity index is 1.86. The zero-order chi connectivity index (χ0) is 17.2. The first-order chi connectivity index (χ1) is 11.4. The topological polar surface area (TPSA) is 74.1 Å². The number of sulfonamides is 1. The highest BCUT2D eigenvalue weighted by atomic mass is 32.2. The molecule has 0 aromatic heterocycles. The molecule has 1 saturated carbocycles. The fraction of sp³-hybridized carbons (Fsp3) is 0.529. The third kappa shape index (κ3) is 3.45. The Hall–Kier alpha value is -1.89. The van der Waals surface area contributed by atoms with Crippen molar-refractivity contribution < 1.29 is 8.42 Å². The average Bonchev–Trinajstić information content (AvgIpc) is 3.18. The molecule has 1 aliphatic heterocycles. The third-order valence-corrected chi connectivity index (χ3v) is 5.92. The van der Waals surface area contributed by atoms with Gasteiger partial charge in [0.1, 0.15) is 0 Å². The SMILES string of the molecule is CCN/C(=N\S(=O)(=O)c1ccc(C)cc1)N1CC2(C=N1)CCCC2. The maximum Gasteiger partial charge on any atom is 0.285 e. The minimum atomic E-state index is -3.76. The molecule has 1 spiro atoms. The molecule has 7 heteroatoms. The van der Waals surface area contributed by atoms with Crippen LogP contribution in [0.2, 0.25) is 0 Å². The van der Waals surface area contributed by atoms with Crippen molar-refractivity contribution in [3.05, 3.63) is 29.8 Å². The van der Waals surface area contributed by atoms with Gasteiger partial charge in [0.25, 0.3) is 10.0 Å². The van der Waals surface area contributed by atoms with E-state index in [1.54, 1.807) is 29.3 Å². The lowest BCUT2D eigenvalue weighted by molar-refractivity contribution is 0.340. The Morgan fingerprint density at radius 1 is 1.29 bits per heavy atom. The maximum absolute atomic E-state index is 12.6. The monoisotopic (exact) mass is 348 g/mol. The van der Waals surface area contributed by atoms with E-state index in [1.807, 2.05) is 20.1 Å². The molecule has 0 saturated heterocycles. The van der Waals surface area contributed by atoms with Gasteiger partial charge in [-0.3, -0.25) is 0 Å². The molecule has 24 heavy (non-hydrogen) atoms. The molecule has 130 valence electrons. The first-order valence-corrected chi connectivity index (χ1v) is 9.86. The van der Waals surface area contributed by atoms with Crippen molar-refractivity contribution in [2.24, 2.45) is 14.9 Å². The van der Waals surface area contributed by atoms with E-state index in [2.05, 4.69) is 14.8 Å². The van der Waals surface area contributed by atoms with Crippen molar-refractivity contribution in [1.82, 2.24) is 10.3 Å². The standard InChI is InChI=1S/C17H24N4O2S/c1-3-18-16(21-13-17(12-19-21)10-4-5-11-17)20-24(22,23)15-8-6-14(2)7-9-15/h6-9,12H,3-5,10-11,13H2,1-2H3,(H,18,20). The van der Waals surface area contributed by atoms with E-state index in [-0.39, 0.29) is 10.3 Å².